The highest BCUT2D eigenvalue weighted by Crippen LogP contribution is 2.33. The van der Waals surface area contributed by atoms with Crippen LogP contribution in [-0.2, 0) is 0 Å². The van der Waals surface area contributed by atoms with Gasteiger partial charge in [0, 0.05) is 24.6 Å². The molecule has 1 saturated heterocycles. The Kier molecular flexibility index (Phi) is 4.59. The molecular weight excluding hydrogens is 262 g/mol. The highest BCUT2D eigenvalue weighted by Gasteiger charge is 2.30. The lowest BCUT2D eigenvalue weighted by Gasteiger charge is -2.34. The number of likely N-dealkylation sites (tertiary alicyclic amines) is 1. The zero-order valence-corrected chi connectivity index (χ0v) is 12.9. The molecule has 3 nitrogen and oxygen atoms in total. The Balaban J connectivity index is 1.61. The first-order valence-corrected chi connectivity index (χ1v) is 8.33. The van der Waals surface area contributed by atoms with Crippen molar-refractivity contribution in [1.82, 2.24) is 4.90 Å². The average Bonchev–Trinajstić information content (AvgIpc) is 3.38. The van der Waals surface area contributed by atoms with Gasteiger partial charge in [0.25, 0.3) is 0 Å². The number of nitrogens with zero attached hydrogens (tertiary/aromatic N) is 1. The summed E-state index contributed by atoms with van der Waals surface area (Å²) in [4.78, 5) is 14.4. The van der Waals surface area contributed by atoms with Crippen LogP contribution in [0.5, 0.6) is 5.75 Å². The number of rotatable bonds is 6. The first-order chi connectivity index (χ1) is 10.3. The smallest absolute Gasteiger partial charge is 0.165 e. The van der Waals surface area contributed by atoms with Gasteiger partial charge in [-0.2, -0.15) is 0 Å². The van der Waals surface area contributed by atoms with E-state index in [0.717, 1.165) is 43.7 Å². The Hall–Kier alpha value is -1.35. The van der Waals surface area contributed by atoms with Crippen molar-refractivity contribution < 1.29 is 9.53 Å². The lowest BCUT2D eigenvalue weighted by molar-refractivity contribution is 0.00982. The summed E-state index contributed by atoms with van der Waals surface area (Å²) < 4.78 is 6.13. The molecule has 1 aliphatic heterocycles. The molecule has 1 aliphatic carbocycles. The van der Waals surface area contributed by atoms with Crippen molar-refractivity contribution in [3.8, 4) is 5.75 Å². The Bertz CT molecular complexity index is 472. The predicted molar refractivity (Wildman–Crippen MR) is 83.6 cm³/mol. The van der Waals surface area contributed by atoms with Crippen molar-refractivity contribution in [3.63, 3.8) is 0 Å². The van der Waals surface area contributed by atoms with Gasteiger partial charge < -0.3 is 4.74 Å². The number of hydrogen-bond donors (Lipinski definition) is 0. The molecule has 2 fully saturated rings. The minimum atomic E-state index is 0.162. The Morgan fingerprint density at radius 1 is 1.19 bits per heavy atom. The molecule has 21 heavy (non-hydrogen) atoms. The maximum atomic E-state index is 12.0. The van der Waals surface area contributed by atoms with E-state index in [9.17, 15) is 4.79 Å². The van der Waals surface area contributed by atoms with Crippen LogP contribution >= 0.6 is 0 Å². The largest absolute Gasteiger partial charge is 0.475 e. The second kappa shape index (κ2) is 6.61. The highest BCUT2D eigenvalue weighted by atomic mass is 16.5. The topological polar surface area (TPSA) is 29.5 Å². The SMILES string of the molecule is CCC(Oc1ccc(C(=O)C2CC2)cc1)N1CCCCC1. The summed E-state index contributed by atoms with van der Waals surface area (Å²) in [5.41, 5.74) is 0.830. The summed E-state index contributed by atoms with van der Waals surface area (Å²) >= 11 is 0. The summed E-state index contributed by atoms with van der Waals surface area (Å²) in [6.07, 6.45) is 7.15. The third-order valence-corrected chi connectivity index (χ3v) is 4.51. The molecule has 0 spiro atoms. The monoisotopic (exact) mass is 287 g/mol. The van der Waals surface area contributed by atoms with Crippen LogP contribution < -0.4 is 4.74 Å². The van der Waals surface area contributed by atoms with Gasteiger partial charge in [-0.1, -0.05) is 13.3 Å². The van der Waals surface area contributed by atoms with Gasteiger partial charge in [-0.3, -0.25) is 9.69 Å². The molecular formula is C18H25NO2. The molecule has 3 heteroatoms. The fraction of sp³-hybridized carbons (Fsp3) is 0.611. The number of hydrogen-bond acceptors (Lipinski definition) is 3. The van der Waals surface area contributed by atoms with E-state index in [0.29, 0.717) is 5.78 Å². The number of ketones is 1. The minimum absolute atomic E-state index is 0.162. The first kappa shape index (κ1) is 14.6. The van der Waals surface area contributed by atoms with Gasteiger partial charge in [0.05, 0.1) is 0 Å². The molecule has 1 aromatic rings. The van der Waals surface area contributed by atoms with E-state index in [-0.39, 0.29) is 12.1 Å². The summed E-state index contributed by atoms with van der Waals surface area (Å²) in [6.45, 7) is 4.44. The van der Waals surface area contributed by atoms with Gasteiger partial charge in [-0.15, -0.1) is 0 Å². The van der Waals surface area contributed by atoms with Crippen molar-refractivity contribution in [2.75, 3.05) is 13.1 Å². The molecule has 0 N–H and O–H groups in total. The molecule has 2 aliphatic rings. The van der Waals surface area contributed by atoms with Crippen LogP contribution in [0.4, 0.5) is 0 Å². The standard InChI is InChI=1S/C18H25NO2/c1-2-17(19-12-4-3-5-13-19)21-16-10-8-15(9-11-16)18(20)14-6-7-14/h8-11,14,17H,2-7,12-13H2,1H3. The first-order valence-electron chi connectivity index (χ1n) is 8.33. The van der Waals surface area contributed by atoms with Gasteiger partial charge in [0.2, 0.25) is 0 Å². The number of Topliss-reactive ketones (excluding diaryl/α,β-unsaturated/α-hetero) is 1. The van der Waals surface area contributed by atoms with Crippen molar-refractivity contribution in [2.24, 2.45) is 5.92 Å². The Labute approximate surface area is 127 Å². The second-order valence-corrected chi connectivity index (χ2v) is 6.24. The summed E-state index contributed by atoms with van der Waals surface area (Å²) in [7, 11) is 0. The quantitative estimate of drug-likeness (QED) is 0.744. The molecule has 1 heterocycles. The van der Waals surface area contributed by atoms with Gasteiger partial charge in [-0.05, 0) is 56.4 Å². The van der Waals surface area contributed by atoms with Gasteiger partial charge in [0.1, 0.15) is 5.75 Å². The number of carbonyl (C=O) groups excluding carboxylic acids is 1. The van der Waals surface area contributed by atoms with Gasteiger partial charge >= 0.3 is 0 Å². The molecule has 0 bridgehead atoms. The Morgan fingerprint density at radius 2 is 1.86 bits per heavy atom. The van der Waals surface area contributed by atoms with E-state index in [4.69, 9.17) is 4.74 Å². The van der Waals surface area contributed by atoms with Crippen LogP contribution in [0.1, 0.15) is 55.8 Å². The van der Waals surface area contributed by atoms with Crippen molar-refractivity contribution >= 4 is 5.78 Å². The molecule has 0 aromatic heterocycles. The summed E-state index contributed by atoms with van der Waals surface area (Å²) in [5, 5.41) is 0. The van der Waals surface area contributed by atoms with Crippen LogP contribution in [0.3, 0.4) is 0 Å². The van der Waals surface area contributed by atoms with E-state index < -0.39 is 0 Å². The number of piperidine rings is 1. The maximum absolute atomic E-state index is 12.0. The van der Waals surface area contributed by atoms with Crippen molar-refractivity contribution in [1.29, 1.82) is 0 Å². The van der Waals surface area contributed by atoms with Crippen LogP contribution in [-0.4, -0.2) is 30.0 Å². The summed E-state index contributed by atoms with van der Waals surface area (Å²) in [5.74, 6) is 1.46. The molecule has 1 unspecified atom stereocenters. The molecule has 1 atom stereocenters. The van der Waals surface area contributed by atoms with E-state index >= 15 is 0 Å². The van der Waals surface area contributed by atoms with Crippen molar-refractivity contribution in [2.45, 2.75) is 51.7 Å². The highest BCUT2D eigenvalue weighted by molar-refractivity contribution is 5.99. The maximum Gasteiger partial charge on any atom is 0.165 e. The van der Waals surface area contributed by atoms with Crippen LogP contribution in [0.15, 0.2) is 24.3 Å². The zero-order chi connectivity index (χ0) is 14.7. The zero-order valence-electron chi connectivity index (χ0n) is 12.9. The third-order valence-electron chi connectivity index (χ3n) is 4.51. The Morgan fingerprint density at radius 3 is 2.43 bits per heavy atom. The average molecular weight is 287 g/mol. The predicted octanol–water partition coefficient (Wildman–Crippen LogP) is 3.88. The molecule has 114 valence electrons. The molecule has 0 amide bonds. The lowest BCUT2D eigenvalue weighted by atomic mass is 10.1. The lowest BCUT2D eigenvalue weighted by Crippen LogP contribution is -2.42. The normalized spacial score (nSPS) is 21.0. The minimum Gasteiger partial charge on any atom is -0.475 e. The van der Waals surface area contributed by atoms with Gasteiger partial charge in [0.15, 0.2) is 12.0 Å². The summed E-state index contributed by atoms with van der Waals surface area (Å²) in [6, 6.07) is 7.72. The van der Waals surface area contributed by atoms with E-state index in [1.54, 1.807) is 0 Å². The van der Waals surface area contributed by atoms with Crippen LogP contribution in [0.25, 0.3) is 0 Å². The van der Waals surface area contributed by atoms with Crippen LogP contribution in [0, 0.1) is 5.92 Å². The van der Waals surface area contributed by atoms with E-state index in [1.807, 2.05) is 24.3 Å². The van der Waals surface area contributed by atoms with E-state index in [2.05, 4.69) is 11.8 Å². The number of benzene rings is 1. The van der Waals surface area contributed by atoms with Gasteiger partial charge in [-0.25, -0.2) is 0 Å². The third kappa shape index (κ3) is 3.65. The number of carbonyl (C=O) groups is 1. The van der Waals surface area contributed by atoms with Crippen LogP contribution in [0.2, 0.25) is 0 Å². The fourth-order valence-corrected chi connectivity index (χ4v) is 3.06. The van der Waals surface area contributed by atoms with E-state index in [1.165, 1.54) is 19.3 Å². The number of ether oxygens (including phenoxy) is 1. The van der Waals surface area contributed by atoms with Crippen molar-refractivity contribution in [3.05, 3.63) is 29.8 Å². The molecule has 0 radical (unpaired) electrons. The second-order valence-electron chi connectivity index (χ2n) is 6.24. The molecule has 1 aromatic carbocycles. The fourth-order valence-electron chi connectivity index (χ4n) is 3.06. The molecule has 1 saturated carbocycles. The molecule has 3 rings (SSSR count).